The number of hydrogen-bond acceptors (Lipinski definition) is 3. The van der Waals surface area contributed by atoms with Crippen LogP contribution in [0.4, 0.5) is 4.79 Å². The SMILES string of the molecule is CCCCC(CNC(=O)OC(C)(C)C)NC1CC(C(C)C)C1. The number of carbonyl (C=O) groups excluding carboxylic acids is 1. The van der Waals surface area contributed by atoms with E-state index in [0.29, 0.717) is 18.6 Å². The number of ether oxygens (including phenoxy) is 1. The summed E-state index contributed by atoms with van der Waals surface area (Å²) in [5.41, 5.74) is -0.436. The van der Waals surface area contributed by atoms with Crippen molar-refractivity contribution in [1.82, 2.24) is 10.6 Å². The molecule has 130 valence electrons. The third-order valence-electron chi connectivity index (χ3n) is 4.39. The Kier molecular flexibility index (Phi) is 7.67. The molecule has 0 aromatic carbocycles. The van der Waals surface area contributed by atoms with Crippen LogP contribution in [-0.2, 0) is 4.74 Å². The van der Waals surface area contributed by atoms with Crippen LogP contribution < -0.4 is 10.6 Å². The fraction of sp³-hybridized carbons (Fsp3) is 0.944. The van der Waals surface area contributed by atoms with E-state index in [2.05, 4.69) is 31.4 Å². The summed E-state index contributed by atoms with van der Waals surface area (Å²) < 4.78 is 5.31. The zero-order valence-corrected chi connectivity index (χ0v) is 15.4. The van der Waals surface area contributed by atoms with Gasteiger partial charge in [0.1, 0.15) is 5.60 Å². The van der Waals surface area contributed by atoms with Crippen molar-refractivity contribution in [3.63, 3.8) is 0 Å². The van der Waals surface area contributed by atoms with E-state index in [1.165, 1.54) is 25.7 Å². The first-order chi connectivity index (χ1) is 10.2. The predicted molar refractivity (Wildman–Crippen MR) is 92.0 cm³/mol. The van der Waals surface area contributed by atoms with Crippen molar-refractivity contribution in [2.45, 2.75) is 91.3 Å². The van der Waals surface area contributed by atoms with E-state index in [1.807, 2.05) is 20.8 Å². The maximum Gasteiger partial charge on any atom is 0.407 e. The molecule has 1 rings (SSSR count). The minimum atomic E-state index is -0.436. The third kappa shape index (κ3) is 7.48. The number of carbonyl (C=O) groups is 1. The Bertz CT molecular complexity index is 330. The lowest BCUT2D eigenvalue weighted by Gasteiger charge is -2.40. The molecule has 1 atom stereocenters. The Morgan fingerprint density at radius 2 is 1.91 bits per heavy atom. The molecule has 4 heteroatoms. The molecule has 0 spiro atoms. The van der Waals surface area contributed by atoms with E-state index < -0.39 is 5.60 Å². The Hall–Kier alpha value is -0.770. The summed E-state index contributed by atoms with van der Waals surface area (Å²) in [5, 5.41) is 6.63. The van der Waals surface area contributed by atoms with E-state index in [4.69, 9.17) is 4.74 Å². The maximum atomic E-state index is 11.8. The van der Waals surface area contributed by atoms with Gasteiger partial charge in [0.2, 0.25) is 0 Å². The highest BCUT2D eigenvalue weighted by molar-refractivity contribution is 5.67. The molecule has 0 aromatic heterocycles. The first-order valence-electron chi connectivity index (χ1n) is 8.94. The number of alkyl carbamates (subject to hydrolysis) is 1. The lowest BCUT2D eigenvalue weighted by Crippen LogP contribution is -2.51. The maximum absolute atomic E-state index is 11.8. The van der Waals surface area contributed by atoms with Crippen LogP contribution in [0.5, 0.6) is 0 Å². The molecule has 1 amide bonds. The van der Waals surface area contributed by atoms with Gasteiger partial charge in [0.05, 0.1) is 0 Å². The topological polar surface area (TPSA) is 50.4 Å². The normalized spacial score (nSPS) is 23.0. The molecule has 4 nitrogen and oxygen atoms in total. The minimum Gasteiger partial charge on any atom is -0.444 e. The predicted octanol–water partition coefficient (Wildman–Crippen LogP) is 4.09. The quantitative estimate of drug-likeness (QED) is 0.709. The van der Waals surface area contributed by atoms with Gasteiger partial charge in [-0.2, -0.15) is 0 Å². The average molecular weight is 312 g/mol. The fourth-order valence-electron chi connectivity index (χ4n) is 2.89. The number of hydrogen-bond donors (Lipinski definition) is 2. The molecule has 0 radical (unpaired) electrons. The average Bonchev–Trinajstić information content (AvgIpc) is 2.32. The van der Waals surface area contributed by atoms with Crippen molar-refractivity contribution in [3.8, 4) is 0 Å². The highest BCUT2D eigenvalue weighted by Gasteiger charge is 2.32. The highest BCUT2D eigenvalue weighted by Crippen LogP contribution is 2.33. The summed E-state index contributed by atoms with van der Waals surface area (Å²) >= 11 is 0. The van der Waals surface area contributed by atoms with Gasteiger partial charge in [-0.25, -0.2) is 4.79 Å². The van der Waals surface area contributed by atoms with Gasteiger partial charge in [0.25, 0.3) is 0 Å². The number of rotatable bonds is 8. The fourth-order valence-corrected chi connectivity index (χ4v) is 2.89. The number of amides is 1. The van der Waals surface area contributed by atoms with E-state index in [1.54, 1.807) is 0 Å². The van der Waals surface area contributed by atoms with Crippen LogP contribution in [0.3, 0.4) is 0 Å². The van der Waals surface area contributed by atoms with Crippen LogP contribution >= 0.6 is 0 Å². The molecule has 22 heavy (non-hydrogen) atoms. The van der Waals surface area contributed by atoms with Gasteiger partial charge in [-0.15, -0.1) is 0 Å². The Labute approximate surface area is 136 Å². The van der Waals surface area contributed by atoms with Gasteiger partial charge in [-0.05, 0) is 51.9 Å². The highest BCUT2D eigenvalue weighted by atomic mass is 16.6. The molecule has 0 aliphatic heterocycles. The van der Waals surface area contributed by atoms with E-state index in [-0.39, 0.29) is 6.09 Å². The van der Waals surface area contributed by atoms with Crippen molar-refractivity contribution in [3.05, 3.63) is 0 Å². The summed E-state index contributed by atoms with van der Waals surface area (Å²) in [6.45, 7) is 13.1. The number of unbranched alkanes of at least 4 members (excludes halogenated alkanes) is 1. The summed E-state index contributed by atoms with van der Waals surface area (Å²) in [5.74, 6) is 1.65. The molecule has 2 N–H and O–H groups in total. The zero-order valence-electron chi connectivity index (χ0n) is 15.4. The second-order valence-corrected chi connectivity index (χ2v) is 8.06. The molecule has 1 saturated carbocycles. The van der Waals surface area contributed by atoms with E-state index in [9.17, 15) is 4.79 Å². The molecule has 1 aliphatic rings. The molecule has 0 aromatic rings. The van der Waals surface area contributed by atoms with Crippen LogP contribution in [0.25, 0.3) is 0 Å². The summed E-state index contributed by atoms with van der Waals surface area (Å²) in [6.07, 6.45) is 5.71. The molecular formula is C18H36N2O2. The van der Waals surface area contributed by atoms with Crippen LogP contribution in [0, 0.1) is 11.8 Å². The molecule has 1 fully saturated rings. The van der Waals surface area contributed by atoms with Gasteiger partial charge in [0.15, 0.2) is 0 Å². The first-order valence-corrected chi connectivity index (χ1v) is 8.94. The molecule has 0 heterocycles. The van der Waals surface area contributed by atoms with Crippen LogP contribution in [0.1, 0.15) is 73.6 Å². The van der Waals surface area contributed by atoms with Gasteiger partial charge in [-0.1, -0.05) is 33.6 Å². The van der Waals surface area contributed by atoms with E-state index >= 15 is 0 Å². The largest absolute Gasteiger partial charge is 0.444 e. The van der Waals surface area contributed by atoms with Crippen LogP contribution in [0.2, 0.25) is 0 Å². The molecular weight excluding hydrogens is 276 g/mol. The monoisotopic (exact) mass is 312 g/mol. The zero-order chi connectivity index (χ0) is 16.8. The Morgan fingerprint density at radius 1 is 1.27 bits per heavy atom. The summed E-state index contributed by atoms with van der Waals surface area (Å²) in [7, 11) is 0. The lowest BCUT2D eigenvalue weighted by molar-refractivity contribution is 0.0517. The molecule has 0 saturated heterocycles. The van der Waals surface area contributed by atoms with Gasteiger partial charge >= 0.3 is 6.09 Å². The lowest BCUT2D eigenvalue weighted by atomic mass is 9.73. The second-order valence-electron chi connectivity index (χ2n) is 8.06. The Balaban J connectivity index is 2.33. The molecule has 0 bridgehead atoms. The van der Waals surface area contributed by atoms with Gasteiger partial charge in [0, 0.05) is 18.6 Å². The van der Waals surface area contributed by atoms with Gasteiger partial charge in [-0.3, -0.25) is 0 Å². The van der Waals surface area contributed by atoms with Crippen molar-refractivity contribution in [2.24, 2.45) is 11.8 Å². The third-order valence-corrected chi connectivity index (χ3v) is 4.39. The smallest absolute Gasteiger partial charge is 0.407 e. The second kappa shape index (κ2) is 8.76. The van der Waals surface area contributed by atoms with Crippen LogP contribution in [-0.4, -0.2) is 30.3 Å². The first kappa shape index (κ1) is 19.3. The molecule has 1 aliphatic carbocycles. The van der Waals surface area contributed by atoms with E-state index in [0.717, 1.165) is 18.3 Å². The number of nitrogens with one attached hydrogen (secondary N) is 2. The van der Waals surface area contributed by atoms with Crippen molar-refractivity contribution in [1.29, 1.82) is 0 Å². The summed E-state index contributed by atoms with van der Waals surface area (Å²) in [4.78, 5) is 11.8. The summed E-state index contributed by atoms with van der Waals surface area (Å²) in [6, 6.07) is 0.972. The van der Waals surface area contributed by atoms with Crippen molar-refractivity contribution in [2.75, 3.05) is 6.54 Å². The minimum absolute atomic E-state index is 0.315. The van der Waals surface area contributed by atoms with Crippen LogP contribution in [0.15, 0.2) is 0 Å². The van der Waals surface area contributed by atoms with Gasteiger partial charge < -0.3 is 15.4 Å². The standard InChI is InChI=1S/C18H36N2O2/c1-7-8-9-15(12-19-17(21)22-18(4,5)6)20-16-10-14(11-16)13(2)3/h13-16,20H,7-12H2,1-6H3,(H,19,21). The van der Waals surface area contributed by atoms with Crippen molar-refractivity contribution >= 4 is 6.09 Å². The van der Waals surface area contributed by atoms with Crippen molar-refractivity contribution < 1.29 is 9.53 Å². The Morgan fingerprint density at radius 3 is 2.41 bits per heavy atom. The molecule has 1 unspecified atom stereocenters.